The van der Waals surface area contributed by atoms with Crippen molar-refractivity contribution >= 4 is 35.7 Å². The maximum atomic E-state index is 12.3. The Morgan fingerprint density at radius 2 is 0.875 bits per heavy atom. The van der Waals surface area contributed by atoms with Gasteiger partial charge in [0.1, 0.15) is 12.1 Å². The Labute approximate surface area is 186 Å². The summed E-state index contributed by atoms with van der Waals surface area (Å²) in [6.07, 6.45) is -0.684. The maximum absolute atomic E-state index is 12.3. The fourth-order valence-electron chi connectivity index (χ4n) is 2.42. The minimum absolute atomic E-state index is 0.0234. The molecule has 0 aromatic heterocycles. The van der Waals surface area contributed by atoms with Crippen LogP contribution in [0.4, 0.5) is 0 Å². The lowest BCUT2D eigenvalue weighted by atomic mass is 10.1. The van der Waals surface area contributed by atoms with E-state index in [1.54, 1.807) is 27.7 Å². The third-order valence-electron chi connectivity index (χ3n) is 3.84. The van der Waals surface area contributed by atoms with E-state index < -0.39 is 47.8 Å². The summed E-state index contributed by atoms with van der Waals surface area (Å²) in [5, 5.41) is 4.37. The number of rotatable bonds is 14. The molecule has 0 aliphatic carbocycles. The van der Waals surface area contributed by atoms with Gasteiger partial charge in [-0.3, -0.25) is 19.2 Å². The lowest BCUT2D eigenvalue weighted by Crippen LogP contribution is -2.52. The normalized spacial score (nSPS) is 12.0. The SMILES string of the molecule is CCOC(=O)CC[C@H](NC(=O)C(=O)N[C@H](CCC(=O)OCC)C(=O)OCC)C(=O)OCC. The zero-order chi connectivity index (χ0) is 24.5. The minimum Gasteiger partial charge on any atom is -0.466 e. The largest absolute Gasteiger partial charge is 0.466 e. The van der Waals surface area contributed by atoms with E-state index in [1.165, 1.54) is 0 Å². The Morgan fingerprint density at radius 1 is 0.562 bits per heavy atom. The van der Waals surface area contributed by atoms with Crippen LogP contribution in [0.5, 0.6) is 0 Å². The summed E-state index contributed by atoms with van der Waals surface area (Å²) < 4.78 is 19.3. The second kappa shape index (κ2) is 16.5. The molecule has 2 amide bonds. The van der Waals surface area contributed by atoms with Crippen molar-refractivity contribution in [3.63, 3.8) is 0 Å². The topological polar surface area (TPSA) is 163 Å². The van der Waals surface area contributed by atoms with E-state index in [9.17, 15) is 28.8 Å². The van der Waals surface area contributed by atoms with Crippen molar-refractivity contribution in [2.24, 2.45) is 0 Å². The van der Waals surface area contributed by atoms with Crippen molar-refractivity contribution in [3.8, 4) is 0 Å². The molecule has 0 aliphatic heterocycles. The van der Waals surface area contributed by atoms with Crippen molar-refractivity contribution in [2.45, 2.75) is 65.5 Å². The molecule has 0 unspecified atom stereocenters. The van der Waals surface area contributed by atoms with Gasteiger partial charge in [0.05, 0.1) is 26.4 Å². The first-order valence-electron chi connectivity index (χ1n) is 10.5. The highest BCUT2D eigenvalue weighted by Crippen LogP contribution is 2.05. The summed E-state index contributed by atoms with van der Waals surface area (Å²) in [7, 11) is 0. The third kappa shape index (κ3) is 11.9. The molecule has 12 nitrogen and oxygen atoms in total. The summed E-state index contributed by atoms with van der Waals surface area (Å²) in [5.74, 6) is -5.28. The number of hydrogen-bond acceptors (Lipinski definition) is 10. The number of carbonyl (C=O) groups is 6. The summed E-state index contributed by atoms with van der Waals surface area (Å²) in [5.41, 5.74) is 0. The van der Waals surface area contributed by atoms with Gasteiger partial charge in [-0.05, 0) is 40.5 Å². The second-order valence-corrected chi connectivity index (χ2v) is 6.24. The molecule has 12 heteroatoms. The number of esters is 4. The van der Waals surface area contributed by atoms with Crippen LogP contribution in [-0.4, -0.2) is 74.2 Å². The molecule has 0 aliphatic rings. The highest BCUT2D eigenvalue weighted by Gasteiger charge is 2.30. The van der Waals surface area contributed by atoms with Gasteiger partial charge in [-0.25, -0.2) is 9.59 Å². The molecule has 0 saturated heterocycles. The number of carbonyl (C=O) groups excluding carboxylic acids is 6. The molecular formula is C20H32N2O10. The van der Waals surface area contributed by atoms with Gasteiger partial charge in [-0.2, -0.15) is 0 Å². The van der Waals surface area contributed by atoms with Crippen LogP contribution in [0.2, 0.25) is 0 Å². The maximum Gasteiger partial charge on any atom is 0.328 e. The van der Waals surface area contributed by atoms with Crippen molar-refractivity contribution in [1.29, 1.82) is 0 Å². The van der Waals surface area contributed by atoms with Crippen LogP contribution < -0.4 is 10.6 Å². The molecule has 0 aromatic carbocycles. The molecule has 0 aromatic rings. The average Bonchev–Trinajstić information content (AvgIpc) is 2.74. The van der Waals surface area contributed by atoms with Gasteiger partial charge >= 0.3 is 35.7 Å². The van der Waals surface area contributed by atoms with E-state index in [1.807, 2.05) is 0 Å². The van der Waals surface area contributed by atoms with Crippen molar-refractivity contribution in [3.05, 3.63) is 0 Å². The molecule has 0 fully saturated rings. The molecule has 0 bridgehead atoms. The lowest BCUT2D eigenvalue weighted by molar-refractivity contribution is -0.152. The monoisotopic (exact) mass is 460 g/mol. The van der Waals surface area contributed by atoms with Crippen LogP contribution in [-0.2, 0) is 47.7 Å². The van der Waals surface area contributed by atoms with Gasteiger partial charge < -0.3 is 29.6 Å². The quantitative estimate of drug-likeness (QED) is 0.201. The third-order valence-corrected chi connectivity index (χ3v) is 3.84. The Hall–Kier alpha value is -3.18. The highest BCUT2D eigenvalue weighted by atomic mass is 16.5. The molecule has 0 saturated carbocycles. The first-order valence-corrected chi connectivity index (χ1v) is 10.5. The van der Waals surface area contributed by atoms with Crippen LogP contribution in [0.25, 0.3) is 0 Å². The van der Waals surface area contributed by atoms with Crippen molar-refractivity contribution in [2.75, 3.05) is 26.4 Å². The predicted molar refractivity (Wildman–Crippen MR) is 109 cm³/mol. The van der Waals surface area contributed by atoms with E-state index >= 15 is 0 Å². The molecular weight excluding hydrogens is 428 g/mol. The Bertz CT molecular complexity index is 609. The smallest absolute Gasteiger partial charge is 0.328 e. The molecule has 182 valence electrons. The van der Waals surface area contributed by atoms with E-state index in [4.69, 9.17) is 18.9 Å². The standard InChI is InChI=1S/C20H32N2O10/c1-5-29-15(23)11-9-13(19(27)31-7-3)21-17(25)18(26)22-14(20(28)32-8-4)10-12-16(24)30-6-2/h13-14H,5-12H2,1-4H3,(H,21,25)(H,22,26)/t13-,14+. The van der Waals surface area contributed by atoms with Crippen LogP contribution in [0.15, 0.2) is 0 Å². The first kappa shape index (κ1) is 28.8. The van der Waals surface area contributed by atoms with E-state index in [0.29, 0.717) is 0 Å². The number of hydrogen-bond donors (Lipinski definition) is 2. The lowest BCUT2D eigenvalue weighted by Gasteiger charge is -2.19. The summed E-state index contributed by atoms with van der Waals surface area (Å²) in [4.78, 5) is 71.9. The zero-order valence-corrected chi connectivity index (χ0v) is 18.9. The van der Waals surface area contributed by atoms with E-state index in [2.05, 4.69) is 10.6 Å². The molecule has 2 atom stereocenters. The average molecular weight is 460 g/mol. The molecule has 0 heterocycles. The molecule has 0 radical (unpaired) electrons. The van der Waals surface area contributed by atoms with Crippen LogP contribution >= 0.6 is 0 Å². The van der Waals surface area contributed by atoms with Crippen LogP contribution in [0.3, 0.4) is 0 Å². The van der Waals surface area contributed by atoms with E-state index in [0.717, 1.165) is 0 Å². The van der Waals surface area contributed by atoms with Gasteiger partial charge in [0.25, 0.3) is 0 Å². The van der Waals surface area contributed by atoms with Crippen molar-refractivity contribution < 1.29 is 47.7 Å². The predicted octanol–water partition coefficient (Wildman–Crippen LogP) is -0.231. The number of nitrogens with one attached hydrogen (secondary N) is 2. The first-order chi connectivity index (χ1) is 15.2. The molecule has 32 heavy (non-hydrogen) atoms. The number of ether oxygens (including phenoxy) is 4. The fraction of sp³-hybridized carbons (Fsp3) is 0.700. The highest BCUT2D eigenvalue weighted by molar-refractivity contribution is 6.35. The van der Waals surface area contributed by atoms with Gasteiger partial charge in [0.2, 0.25) is 0 Å². The summed E-state index contributed by atoms with van der Waals surface area (Å²) >= 11 is 0. The second-order valence-electron chi connectivity index (χ2n) is 6.24. The number of amides is 2. The minimum atomic E-state index is -1.28. The van der Waals surface area contributed by atoms with Gasteiger partial charge in [-0.1, -0.05) is 0 Å². The summed E-state index contributed by atoms with van der Waals surface area (Å²) in [6, 6.07) is -2.56. The van der Waals surface area contributed by atoms with Gasteiger partial charge in [-0.15, -0.1) is 0 Å². The van der Waals surface area contributed by atoms with Crippen LogP contribution in [0, 0.1) is 0 Å². The molecule has 0 rings (SSSR count). The zero-order valence-electron chi connectivity index (χ0n) is 18.9. The van der Waals surface area contributed by atoms with E-state index in [-0.39, 0.29) is 52.1 Å². The van der Waals surface area contributed by atoms with Crippen molar-refractivity contribution in [1.82, 2.24) is 10.6 Å². The Kier molecular flexibility index (Phi) is 14.9. The Morgan fingerprint density at radius 3 is 1.16 bits per heavy atom. The summed E-state index contributed by atoms with van der Waals surface area (Å²) in [6.45, 7) is 6.71. The Balaban J connectivity index is 5.12. The molecule has 0 spiro atoms. The van der Waals surface area contributed by atoms with Gasteiger partial charge in [0.15, 0.2) is 0 Å². The molecule has 2 N–H and O–H groups in total. The van der Waals surface area contributed by atoms with Crippen LogP contribution in [0.1, 0.15) is 53.4 Å². The van der Waals surface area contributed by atoms with Gasteiger partial charge in [0, 0.05) is 12.8 Å². The fourth-order valence-corrected chi connectivity index (χ4v) is 2.42.